The molecule has 0 unspecified atom stereocenters. The van der Waals surface area contributed by atoms with E-state index in [9.17, 15) is 4.79 Å². The van der Waals surface area contributed by atoms with E-state index in [0.717, 1.165) is 25.7 Å². The molecule has 2 rings (SSSR count). The minimum Gasteiger partial charge on any atom is -0.347 e. The maximum absolute atomic E-state index is 12.2. The number of rotatable bonds is 2. The molecule has 98 valence electrons. The number of pyridine rings is 1. The van der Waals surface area contributed by atoms with E-state index in [2.05, 4.69) is 17.2 Å². The average Bonchev–Trinajstić information content (AvgIpc) is 2.32. The van der Waals surface area contributed by atoms with E-state index in [1.165, 1.54) is 18.7 Å². The molecule has 18 heavy (non-hydrogen) atoms. The fraction of sp³-hybridized carbons (Fsp3) is 0.538. The highest BCUT2D eigenvalue weighted by atomic mass is 35.5. The molecule has 1 aromatic rings. The normalized spacial score (nSPS) is 18.4. The molecular weight excluding hydrogens is 271 g/mol. The second kappa shape index (κ2) is 5.45. The summed E-state index contributed by atoms with van der Waals surface area (Å²) in [4.78, 5) is 16.0. The third-order valence-electron chi connectivity index (χ3n) is 3.44. The molecule has 3 nitrogen and oxygen atoms in total. The van der Waals surface area contributed by atoms with Gasteiger partial charge in [0.25, 0.3) is 5.91 Å². The van der Waals surface area contributed by atoms with Gasteiger partial charge in [-0.25, -0.2) is 4.98 Å². The summed E-state index contributed by atoms with van der Waals surface area (Å²) in [6, 6.07) is 1.51. The first-order valence-electron chi connectivity index (χ1n) is 6.14. The second-order valence-electron chi connectivity index (χ2n) is 5.06. The van der Waals surface area contributed by atoms with Gasteiger partial charge in [0.2, 0.25) is 0 Å². The molecular formula is C13H16Cl2N2O. The first-order valence-corrected chi connectivity index (χ1v) is 6.89. The lowest BCUT2D eigenvalue weighted by Crippen LogP contribution is -2.47. The summed E-state index contributed by atoms with van der Waals surface area (Å²) in [6.45, 7) is 2.08. The van der Waals surface area contributed by atoms with Gasteiger partial charge in [-0.15, -0.1) is 0 Å². The van der Waals surface area contributed by atoms with Crippen LogP contribution in [-0.4, -0.2) is 16.4 Å². The van der Waals surface area contributed by atoms with Crippen LogP contribution in [-0.2, 0) is 0 Å². The Morgan fingerprint density at radius 3 is 2.67 bits per heavy atom. The van der Waals surface area contributed by atoms with Crippen LogP contribution >= 0.6 is 23.2 Å². The van der Waals surface area contributed by atoms with Gasteiger partial charge in [0.15, 0.2) is 0 Å². The molecule has 1 aromatic heterocycles. The highest BCUT2D eigenvalue weighted by Gasteiger charge is 2.29. The fourth-order valence-corrected chi connectivity index (χ4v) is 2.73. The molecule has 0 aliphatic heterocycles. The fourth-order valence-electron chi connectivity index (χ4n) is 2.39. The first-order chi connectivity index (χ1) is 8.50. The molecule has 0 radical (unpaired) electrons. The lowest BCUT2D eigenvalue weighted by molar-refractivity contribution is 0.0883. The number of carbonyl (C=O) groups excluding carboxylic acids is 1. The summed E-state index contributed by atoms with van der Waals surface area (Å²) >= 11 is 11.8. The van der Waals surface area contributed by atoms with Crippen molar-refractivity contribution in [2.24, 2.45) is 0 Å². The highest BCUT2D eigenvalue weighted by molar-refractivity contribution is 6.35. The van der Waals surface area contributed by atoms with Crippen LogP contribution < -0.4 is 5.32 Å². The predicted molar refractivity (Wildman–Crippen MR) is 73.2 cm³/mol. The third kappa shape index (κ3) is 3.15. The Kier molecular flexibility index (Phi) is 4.13. The van der Waals surface area contributed by atoms with Crippen LogP contribution in [0.4, 0.5) is 0 Å². The zero-order valence-electron chi connectivity index (χ0n) is 10.3. The Hall–Kier alpha value is -0.800. The number of nitrogens with one attached hydrogen (secondary N) is 1. The van der Waals surface area contributed by atoms with Gasteiger partial charge in [-0.05, 0) is 25.8 Å². The van der Waals surface area contributed by atoms with Gasteiger partial charge in [0.05, 0.1) is 10.6 Å². The molecule has 1 N–H and O–H groups in total. The van der Waals surface area contributed by atoms with Crippen molar-refractivity contribution < 1.29 is 4.79 Å². The van der Waals surface area contributed by atoms with Crippen LogP contribution in [0.2, 0.25) is 10.2 Å². The summed E-state index contributed by atoms with van der Waals surface area (Å²) in [5.74, 6) is -0.172. The van der Waals surface area contributed by atoms with Crippen molar-refractivity contribution in [3.8, 4) is 0 Å². The molecule has 1 fully saturated rings. The van der Waals surface area contributed by atoms with E-state index in [1.54, 1.807) is 0 Å². The van der Waals surface area contributed by atoms with Crippen molar-refractivity contribution in [2.75, 3.05) is 0 Å². The molecule has 0 bridgehead atoms. The number of amides is 1. The summed E-state index contributed by atoms with van der Waals surface area (Å²) in [5, 5.41) is 3.68. The summed E-state index contributed by atoms with van der Waals surface area (Å²) in [7, 11) is 0. The first kappa shape index (κ1) is 13.6. The van der Waals surface area contributed by atoms with Crippen LogP contribution in [0.25, 0.3) is 0 Å². The summed E-state index contributed by atoms with van der Waals surface area (Å²) in [6.07, 6.45) is 6.98. The van der Waals surface area contributed by atoms with Crippen LogP contribution in [0.15, 0.2) is 12.3 Å². The molecule has 1 amide bonds. The topological polar surface area (TPSA) is 42.0 Å². The molecule has 0 aromatic carbocycles. The summed E-state index contributed by atoms with van der Waals surface area (Å²) < 4.78 is 0. The molecule has 5 heteroatoms. The SMILES string of the molecule is CC1(NC(=O)c2cc(Cl)ncc2Cl)CCCCC1. The lowest BCUT2D eigenvalue weighted by Gasteiger charge is -2.34. The van der Waals surface area contributed by atoms with Crippen LogP contribution in [0.1, 0.15) is 49.4 Å². The predicted octanol–water partition coefficient (Wildman–Crippen LogP) is 3.84. The van der Waals surface area contributed by atoms with Crippen molar-refractivity contribution in [3.05, 3.63) is 28.0 Å². The van der Waals surface area contributed by atoms with Crippen LogP contribution in [0.3, 0.4) is 0 Å². The van der Waals surface area contributed by atoms with Gasteiger partial charge in [0.1, 0.15) is 5.15 Å². The van der Waals surface area contributed by atoms with Gasteiger partial charge in [-0.1, -0.05) is 42.5 Å². The number of hydrogen-bond donors (Lipinski definition) is 1. The van der Waals surface area contributed by atoms with Crippen molar-refractivity contribution >= 4 is 29.1 Å². The van der Waals surface area contributed by atoms with E-state index in [1.807, 2.05) is 0 Å². The minimum absolute atomic E-state index is 0.131. The summed E-state index contributed by atoms with van der Waals surface area (Å²) in [5.41, 5.74) is 0.262. The van der Waals surface area contributed by atoms with Gasteiger partial charge in [-0.3, -0.25) is 4.79 Å². The van der Waals surface area contributed by atoms with Crippen molar-refractivity contribution in [3.63, 3.8) is 0 Å². The van der Waals surface area contributed by atoms with Crippen molar-refractivity contribution in [1.82, 2.24) is 10.3 Å². The van der Waals surface area contributed by atoms with E-state index >= 15 is 0 Å². The molecule has 0 atom stereocenters. The van der Waals surface area contributed by atoms with Crippen molar-refractivity contribution in [1.29, 1.82) is 0 Å². The molecule has 0 saturated heterocycles. The van der Waals surface area contributed by atoms with Gasteiger partial charge >= 0.3 is 0 Å². The molecule has 1 aliphatic carbocycles. The molecule has 1 aliphatic rings. The molecule has 1 saturated carbocycles. The standard InChI is InChI=1S/C13H16Cl2N2O/c1-13(5-3-2-4-6-13)17-12(18)9-7-11(15)16-8-10(9)14/h7-8H,2-6H2,1H3,(H,17,18). The highest BCUT2D eigenvalue weighted by Crippen LogP contribution is 2.28. The van der Waals surface area contributed by atoms with E-state index in [4.69, 9.17) is 23.2 Å². The Morgan fingerprint density at radius 2 is 2.00 bits per heavy atom. The maximum Gasteiger partial charge on any atom is 0.253 e. The Labute approximate surface area is 117 Å². The largest absolute Gasteiger partial charge is 0.347 e. The maximum atomic E-state index is 12.2. The van der Waals surface area contributed by atoms with E-state index < -0.39 is 0 Å². The quantitative estimate of drug-likeness (QED) is 0.840. The Morgan fingerprint density at radius 1 is 1.33 bits per heavy atom. The van der Waals surface area contributed by atoms with Crippen LogP contribution in [0.5, 0.6) is 0 Å². The zero-order chi connectivity index (χ0) is 13.2. The number of aromatic nitrogens is 1. The van der Waals surface area contributed by atoms with Gasteiger partial charge in [-0.2, -0.15) is 0 Å². The number of hydrogen-bond acceptors (Lipinski definition) is 2. The van der Waals surface area contributed by atoms with E-state index in [0.29, 0.717) is 10.6 Å². The number of nitrogens with zero attached hydrogens (tertiary/aromatic N) is 1. The second-order valence-corrected chi connectivity index (χ2v) is 5.86. The smallest absolute Gasteiger partial charge is 0.253 e. The van der Waals surface area contributed by atoms with Gasteiger partial charge < -0.3 is 5.32 Å². The lowest BCUT2D eigenvalue weighted by atomic mass is 9.83. The van der Waals surface area contributed by atoms with Gasteiger partial charge in [0, 0.05) is 11.7 Å². The Balaban J connectivity index is 2.14. The number of halogens is 2. The number of carbonyl (C=O) groups is 1. The molecule has 1 heterocycles. The molecule has 0 spiro atoms. The minimum atomic E-state index is -0.172. The average molecular weight is 287 g/mol. The van der Waals surface area contributed by atoms with E-state index in [-0.39, 0.29) is 16.6 Å². The monoisotopic (exact) mass is 286 g/mol. The third-order valence-corrected chi connectivity index (χ3v) is 3.95. The zero-order valence-corrected chi connectivity index (χ0v) is 11.8. The Bertz CT molecular complexity index is 456. The van der Waals surface area contributed by atoms with Crippen LogP contribution in [0, 0.1) is 0 Å². The van der Waals surface area contributed by atoms with Crippen molar-refractivity contribution in [2.45, 2.75) is 44.6 Å².